The lowest BCUT2D eigenvalue weighted by Gasteiger charge is -2.15. The van der Waals surface area contributed by atoms with Crippen molar-refractivity contribution >= 4 is 23.0 Å². The van der Waals surface area contributed by atoms with Crippen molar-refractivity contribution in [1.82, 2.24) is 5.48 Å². The van der Waals surface area contributed by atoms with E-state index in [0.717, 1.165) is 22.4 Å². The Kier molecular flexibility index (Phi) is 3.99. The summed E-state index contributed by atoms with van der Waals surface area (Å²) < 4.78 is 5.43. The molecule has 0 saturated carbocycles. The number of hydroxylamine groups is 1. The molecule has 0 radical (unpaired) electrons. The molecule has 0 atom stereocenters. The summed E-state index contributed by atoms with van der Waals surface area (Å²) in [6, 6.07) is 4.08. The van der Waals surface area contributed by atoms with Gasteiger partial charge in [0.15, 0.2) is 5.05 Å². The van der Waals surface area contributed by atoms with E-state index < -0.39 is 0 Å². The van der Waals surface area contributed by atoms with E-state index in [4.69, 9.17) is 21.8 Å². The first-order valence-corrected chi connectivity index (χ1v) is 6.41. The number of ether oxygens (including phenoxy) is 1. The largest absolute Gasteiger partial charge is 0.483 e. The van der Waals surface area contributed by atoms with E-state index in [-0.39, 0.29) is 0 Å². The van der Waals surface area contributed by atoms with Crippen LogP contribution >= 0.6 is 12.2 Å². The Hall–Kier alpha value is -1.39. The molecular weight excluding hydrogens is 246 g/mol. The average molecular weight is 263 g/mol. The number of benzene rings is 1. The Morgan fingerprint density at radius 2 is 2.22 bits per heavy atom. The Morgan fingerprint density at radius 1 is 1.44 bits per heavy atom. The highest BCUT2D eigenvalue weighted by Crippen LogP contribution is 2.26. The summed E-state index contributed by atoms with van der Waals surface area (Å²) in [4.78, 5) is 5.16. The molecular formula is C14H17NO2S. The van der Waals surface area contributed by atoms with Crippen LogP contribution in [0.1, 0.15) is 29.2 Å². The fraction of sp³-hybridized carbons (Fsp3) is 0.357. The molecule has 1 heterocycles. The van der Waals surface area contributed by atoms with Crippen molar-refractivity contribution in [3.05, 3.63) is 40.5 Å². The molecule has 0 fully saturated rings. The van der Waals surface area contributed by atoms with Gasteiger partial charge in [0.05, 0.1) is 18.9 Å². The van der Waals surface area contributed by atoms with Gasteiger partial charge in [0.2, 0.25) is 0 Å². The lowest BCUT2D eigenvalue weighted by Crippen LogP contribution is -2.11. The van der Waals surface area contributed by atoms with E-state index in [0.29, 0.717) is 18.3 Å². The van der Waals surface area contributed by atoms with Crippen molar-refractivity contribution < 1.29 is 9.57 Å². The van der Waals surface area contributed by atoms with Gasteiger partial charge in [-0.05, 0) is 56.3 Å². The second-order valence-electron chi connectivity index (χ2n) is 4.18. The first-order valence-electron chi connectivity index (χ1n) is 6.00. The van der Waals surface area contributed by atoms with Crippen molar-refractivity contribution in [1.29, 1.82) is 0 Å². The van der Waals surface area contributed by atoms with Crippen LogP contribution in [0.15, 0.2) is 18.2 Å². The summed E-state index contributed by atoms with van der Waals surface area (Å²) >= 11 is 5.29. The first kappa shape index (κ1) is 13.1. The van der Waals surface area contributed by atoms with Crippen molar-refractivity contribution in [2.75, 3.05) is 13.2 Å². The zero-order valence-corrected chi connectivity index (χ0v) is 11.7. The van der Waals surface area contributed by atoms with Gasteiger partial charge in [-0.25, -0.2) is 0 Å². The maximum atomic E-state index is 5.43. The van der Waals surface area contributed by atoms with Crippen LogP contribution in [-0.4, -0.2) is 18.3 Å². The quantitative estimate of drug-likeness (QED) is 0.849. The predicted octanol–water partition coefficient (Wildman–Crippen LogP) is 2.89. The zero-order chi connectivity index (χ0) is 13.1. The van der Waals surface area contributed by atoms with Gasteiger partial charge < -0.3 is 4.74 Å². The molecule has 0 amide bonds. The third-order valence-corrected chi connectivity index (χ3v) is 3.33. The van der Waals surface area contributed by atoms with Gasteiger partial charge in [0, 0.05) is 11.1 Å². The van der Waals surface area contributed by atoms with Crippen LogP contribution < -0.4 is 5.48 Å². The highest BCUT2D eigenvalue weighted by molar-refractivity contribution is 7.80. The molecule has 4 heteroatoms. The number of thiocarbonyl (C=S) groups is 1. The lowest BCUT2D eigenvalue weighted by molar-refractivity contribution is 0.121. The van der Waals surface area contributed by atoms with Crippen LogP contribution in [0.3, 0.4) is 0 Å². The highest BCUT2D eigenvalue weighted by atomic mass is 32.1. The monoisotopic (exact) mass is 263 g/mol. The second-order valence-corrected chi connectivity index (χ2v) is 4.55. The standard InChI is InChI=1S/C14H17NO2S/c1-4-16-14(18)11-6-5-9(2)13(10(11)3)12-7-8-17-15-12/h5-7,15H,4,8H2,1-3H3. The summed E-state index contributed by atoms with van der Waals surface area (Å²) in [6.07, 6.45) is 2.03. The molecule has 0 aromatic heterocycles. The second kappa shape index (κ2) is 5.50. The SMILES string of the molecule is CCOC(=S)c1ccc(C)c(C2=CCON2)c1C. The first-order chi connectivity index (χ1) is 8.65. The van der Waals surface area contributed by atoms with Gasteiger partial charge >= 0.3 is 0 Å². The number of hydrogen-bond donors (Lipinski definition) is 1. The number of hydrogen-bond acceptors (Lipinski definition) is 4. The van der Waals surface area contributed by atoms with E-state index in [2.05, 4.69) is 25.4 Å². The molecule has 1 aromatic rings. The van der Waals surface area contributed by atoms with Crippen molar-refractivity contribution in [2.45, 2.75) is 20.8 Å². The number of rotatable bonds is 3. The Bertz CT molecular complexity index is 509. The fourth-order valence-corrected chi connectivity index (χ4v) is 2.47. The molecule has 18 heavy (non-hydrogen) atoms. The fourth-order valence-electron chi connectivity index (χ4n) is 2.13. The third-order valence-electron chi connectivity index (χ3n) is 2.99. The highest BCUT2D eigenvalue weighted by Gasteiger charge is 2.16. The lowest BCUT2D eigenvalue weighted by atomic mass is 9.95. The molecule has 1 N–H and O–H groups in total. The average Bonchev–Trinajstić information content (AvgIpc) is 2.83. The van der Waals surface area contributed by atoms with Crippen LogP contribution in [0.2, 0.25) is 0 Å². The van der Waals surface area contributed by atoms with Crippen LogP contribution in [-0.2, 0) is 9.57 Å². The van der Waals surface area contributed by atoms with Crippen LogP contribution in [0.25, 0.3) is 5.70 Å². The minimum absolute atomic E-state index is 0.552. The van der Waals surface area contributed by atoms with Gasteiger partial charge in [0.1, 0.15) is 0 Å². The van der Waals surface area contributed by atoms with Gasteiger partial charge in [-0.1, -0.05) is 6.07 Å². The van der Waals surface area contributed by atoms with Crippen molar-refractivity contribution in [2.24, 2.45) is 0 Å². The van der Waals surface area contributed by atoms with E-state index in [1.165, 1.54) is 5.56 Å². The van der Waals surface area contributed by atoms with E-state index in [1.54, 1.807) is 0 Å². The normalized spacial score (nSPS) is 14.1. The number of aryl methyl sites for hydroxylation is 1. The third kappa shape index (κ3) is 2.40. The Labute approximate surface area is 113 Å². The van der Waals surface area contributed by atoms with Crippen LogP contribution in [0, 0.1) is 13.8 Å². The zero-order valence-electron chi connectivity index (χ0n) is 10.9. The van der Waals surface area contributed by atoms with E-state index in [1.807, 2.05) is 19.1 Å². The van der Waals surface area contributed by atoms with Gasteiger partial charge in [-0.3, -0.25) is 10.3 Å². The molecule has 1 aromatic carbocycles. The maximum absolute atomic E-state index is 5.43. The minimum Gasteiger partial charge on any atom is -0.483 e. The van der Waals surface area contributed by atoms with Crippen LogP contribution in [0.4, 0.5) is 0 Å². The van der Waals surface area contributed by atoms with E-state index in [9.17, 15) is 0 Å². The minimum atomic E-state index is 0.552. The smallest absolute Gasteiger partial charge is 0.191 e. The summed E-state index contributed by atoms with van der Waals surface area (Å²) in [6.45, 7) is 7.26. The molecule has 0 bridgehead atoms. The Balaban J connectivity index is 2.46. The number of nitrogens with one attached hydrogen (secondary N) is 1. The molecule has 0 unspecified atom stereocenters. The molecule has 1 aliphatic heterocycles. The topological polar surface area (TPSA) is 30.5 Å². The van der Waals surface area contributed by atoms with Gasteiger partial charge in [0.25, 0.3) is 0 Å². The van der Waals surface area contributed by atoms with Crippen molar-refractivity contribution in [3.63, 3.8) is 0 Å². The summed E-state index contributed by atoms with van der Waals surface area (Å²) in [7, 11) is 0. The van der Waals surface area contributed by atoms with Crippen LogP contribution in [0.5, 0.6) is 0 Å². The molecule has 1 aliphatic rings. The molecule has 0 aliphatic carbocycles. The van der Waals surface area contributed by atoms with Gasteiger partial charge in [-0.2, -0.15) is 0 Å². The van der Waals surface area contributed by atoms with E-state index >= 15 is 0 Å². The molecule has 3 nitrogen and oxygen atoms in total. The molecule has 0 saturated heterocycles. The molecule has 2 rings (SSSR count). The summed E-state index contributed by atoms with van der Waals surface area (Å²) in [5, 5.41) is 0.552. The van der Waals surface area contributed by atoms with Crippen molar-refractivity contribution in [3.8, 4) is 0 Å². The molecule has 0 spiro atoms. The predicted molar refractivity (Wildman–Crippen MR) is 76.3 cm³/mol. The molecule has 96 valence electrons. The maximum Gasteiger partial charge on any atom is 0.191 e. The Morgan fingerprint density at radius 3 is 2.83 bits per heavy atom. The summed E-state index contributed by atoms with van der Waals surface area (Å²) in [5.41, 5.74) is 8.37. The van der Waals surface area contributed by atoms with Gasteiger partial charge in [-0.15, -0.1) is 0 Å². The summed E-state index contributed by atoms with van der Waals surface area (Å²) in [5.74, 6) is 0.